The third-order valence-corrected chi connectivity index (χ3v) is 2.35. The zero-order valence-electron chi connectivity index (χ0n) is 10.4. The maximum atomic E-state index is 11.3. The first-order valence-electron chi connectivity index (χ1n) is 5.92. The molecule has 0 aromatic carbocycles. The van der Waals surface area contributed by atoms with Gasteiger partial charge in [0.1, 0.15) is 5.60 Å². The first-order valence-corrected chi connectivity index (χ1v) is 5.92. The number of hydrogen-bond acceptors (Lipinski definition) is 4. The molecular formula is C11H23N3O2. The van der Waals surface area contributed by atoms with Crippen LogP contribution in [0.25, 0.3) is 0 Å². The van der Waals surface area contributed by atoms with E-state index >= 15 is 0 Å². The molecule has 1 atom stereocenters. The quantitative estimate of drug-likeness (QED) is 0.635. The van der Waals surface area contributed by atoms with Crippen molar-refractivity contribution in [1.29, 1.82) is 0 Å². The lowest BCUT2D eigenvalue weighted by molar-refractivity contribution is 0.0496. The number of rotatable bonds is 3. The number of ether oxygens (including phenoxy) is 1. The molecule has 0 aliphatic carbocycles. The lowest BCUT2D eigenvalue weighted by atomic mass is 10.1. The number of carbonyl (C=O) groups is 1. The Bertz CT molecular complexity index is 220. The van der Waals surface area contributed by atoms with E-state index in [0.29, 0.717) is 6.04 Å². The molecule has 5 heteroatoms. The first-order chi connectivity index (χ1) is 7.47. The fraction of sp³-hybridized carbons (Fsp3) is 0.909. The molecule has 94 valence electrons. The van der Waals surface area contributed by atoms with Gasteiger partial charge in [0.15, 0.2) is 0 Å². The number of nitrogens with one attached hydrogen (secondary N) is 3. The number of hydrazine groups is 1. The van der Waals surface area contributed by atoms with Gasteiger partial charge in [0.25, 0.3) is 0 Å². The van der Waals surface area contributed by atoms with Crippen LogP contribution >= 0.6 is 0 Å². The average Bonchev–Trinajstić information content (AvgIpc) is 2.16. The predicted octanol–water partition coefficient (Wildman–Crippen LogP) is 1.16. The maximum Gasteiger partial charge on any atom is 0.422 e. The van der Waals surface area contributed by atoms with Gasteiger partial charge in [0, 0.05) is 12.6 Å². The Morgan fingerprint density at radius 2 is 2.19 bits per heavy atom. The predicted molar refractivity (Wildman–Crippen MR) is 63.0 cm³/mol. The molecule has 1 heterocycles. The van der Waals surface area contributed by atoms with Gasteiger partial charge in [-0.05, 0) is 40.2 Å². The molecule has 0 aromatic heterocycles. The Morgan fingerprint density at radius 1 is 1.44 bits per heavy atom. The zero-order chi connectivity index (χ0) is 12.0. The number of piperidine rings is 1. The van der Waals surface area contributed by atoms with Crippen LogP contribution in [0.4, 0.5) is 4.79 Å². The molecule has 3 N–H and O–H groups in total. The van der Waals surface area contributed by atoms with Gasteiger partial charge in [-0.1, -0.05) is 6.42 Å². The monoisotopic (exact) mass is 229 g/mol. The fourth-order valence-electron chi connectivity index (χ4n) is 1.65. The van der Waals surface area contributed by atoms with Gasteiger partial charge in [-0.2, -0.15) is 0 Å². The highest BCUT2D eigenvalue weighted by molar-refractivity contribution is 5.66. The maximum absolute atomic E-state index is 11.3. The molecule has 1 rings (SSSR count). The van der Waals surface area contributed by atoms with Crippen LogP contribution < -0.4 is 16.2 Å². The standard InChI is InChI=1S/C11H23N3O2/c1-11(2,3)16-10(15)14-13-8-9-6-4-5-7-12-9/h9,12-13H,4-8H2,1-3H3,(H,14,15). The van der Waals surface area contributed by atoms with E-state index in [-0.39, 0.29) is 0 Å². The summed E-state index contributed by atoms with van der Waals surface area (Å²) in [6, 6.07) is 0.448. The van der Waals surface area contributed by atoms with E-state index in [2.05, 4.69) is 16.2 Å². The largest absolute Gasteiger partial charge is 0.443 e. The van der Waals surface area contributed by atoms with E-state index in [1.54, 1.807) is 0 Å². The molecular weight excluding hydrogens is 206 g/mol. The molecule has 0 spiro atoms. The normalized spacial score (nSPS) is 21.6. The molecule has 16 heavy (non-hydrogen) atoms. The summed E-state index contributed by atoms with van der Waals surface area (Å²) in [7, 11) is 0. The number of hydrogen-bond donors (Lipinski definition) is 3. The van der Waals surface area contributed by atoms with Crippen LogP contribution in [0, 0.1) is 0 Å². The summed E-state index contributed by atoms with van der Waals surface area (Å²) >= 11 is 0. The Labute approximate surface area is 97.3 Å². The van der Waals surface area contributed by atoms with Crippen LogP contribution in [0.3, 0.4) is 0 Å². The van der Waals surface area contributed by atoms with Gasteiger partial charge in [0.2, 0.25) is 0 Å². The van der Waals surface area contributed by atoms with Gasteiger partial charge in [0.05, 0.1) is 0 Å². The van der Waals surface area contributed by atoms with E-state index in [0.717, 1.165) is 19.5 Å². The molecule has 1 aliphatic rings. The smallest absolute Gasteiger partial charge is 0.422 e. The van der Waals surface area contributed by atoms with Crippen molar-refractivity contribution in [2.75, 3.05) is 13.1 Å². The minimum atomic E-state index is -0.450. The zero-order valence-corrected chi connectivity index (χ0v) is 10.4. The molecule has 1 amide bonds. The average molecular weight is 229 g/mol. The van der Waals surface area contributed by atoms with E-state index in [1.807, 2.05) is 20.8 Å². The Morgan fingerprint density at radius 3 is 2.75 bits per heavy atom. The van der Waals surface area contributed by atoms with Crippen molar-refractivity contribution in [3.63, 3.8) is 0 Å². The highest BCUT2D eigenvalue weighted by Gasteiger charge is 2.16. The van der Waals surface area contributed by atoms with Gasteiger partial charge in [-0.15, -0.1) is 0 Å². The second kappa shape index (κ2) is 6.06. The second-order valence-corrected chi connectivity index (χ2v) is 5.15. The summed E-state index contributed by atoms with van der Waals surface area (Å²) in [5, 5.41) is 3.39. The van der Waals surface area contributed by atoms with Crippen molar-refractivity contribution in [3.8, 4) is 0 Å². The van der Waals surface area contributed by atoms with Crippen LogP contribution in [-0.2, 0) is 4.74 Å². The second-order valence-electron chi connectivity index (χ2n) is 5.15. The van der Waals surface area contributed by atoms with Gasteiger partial charge in [-0.3, -0.25) is 5.43 Å². The van der Waals surface area contributed by atoms with Crippen molar-refractivity contribution >= 4 is 6.09 Å². The van der Waals surface area contributed by atoms with Crippen LogP contribution in [-0.4, -0.2) is 30.8 Å². The Kier molecular flexibility index (Phi) is 5.02. The van der Waals surface area contributed by atoms with Crippen molar-refractivity contribution in [3.05, 3.63) is 0 Å². The summed E-state index contributed by atoms with van der Waals surface area (Å²) in [5.41, 5.74) is 4.98. The van der Waals surface area contributed by atoms with E-state index in [9.17, 15) is 4.79 Å². The van der Waals surface area contributed by atoms with E-state index < -0.39 is 11.7 Å². The topological polar surface area (TPSA) is 62.4 Å². The van der Waals surface area contributed by atoms with Crippen LogP contribution in [0.5, 0.6) is 0 Å². The minimum Gasteiger partial charge on any atom is -0.443 e. The molecule has 0 aromatic rings. The van der Waals surface area contributed by atoms with Crippen molar-refractivity contribution in [1.82, 2.24) is 16.2 Å². The van der Waals surface area contributed by atoms with Gasteiger partial charge < -0.3 is 10.1 Å². The molecule has 0 saturated carbocycles. The molecule has 1 aliphatic heterocycles. The number of amides is 1. The van der Waals surface area contributed by atoms with Crippen molar-refractivity contribution < 1.29 is 9.53 Å². The van der Waals surface area contributed by atoms with Crippen molar-refractivity contribution in [2.45, 2.75) is 51.7 Å². The lowest BCUT2D eigenvalue weighted by Crippen LogP contribution is -2.48. The third-order valence-electron chi connectivity index (χ3n) is 2.35. The number of carbonyl (C=O) groups excluding carboxylic acids is 1. The minimum absolute atomic E-state index is 0.427. The van der Waals surface area contributed by atoms with Crippen LogP contribution in [0.15, 0.2) is 0 Å². The molecule has 0 bridgehead atoms. The summed E-state index contributed by atoms with van der Waals surface area (Å²) in [6.07, 6.45) is 3.23. The van der Waals surface area contributed by atoms with Crippen molar-refractivity contribution in [2.24, 2.45) is 0 Å². The summed E-state index contributed by atoms with van der Waals surface area (Å²) in [4.78, 5) is 11.3. The summed E-state index contributed by atoms with van der Waals surface area (Å²) < 4.78 is 5.09. The van der Waals surface area contributed by atoms with E-state index in [4.69, 9.17) is 4.74 Å². The highest BCUT2D eigenvalue weighted by atomic mass is 16.6. The Balaban J connectivity index is 2.08. The lowest BCUT2D eigenvalue weighted by Gasteiger charge is -2.24. The highest BCUT2D eigenvalue weighted by Crippen LogP contribution is 2.06. The molecule has 5 nitrogen and oxygen atoms in total. The van der Waals surface area contributed by atoms with Gasteiger partial charge >= 0.3 is 6.09 Å². The molecule has 0 radical (unpaired) electrons. The van der Waals surface area contributed by atoms with E-state index in [1.165, 1.54) is 12.8 Å². The van der Waals surface area contributed by atoms with Crippen LogP contribution in [0.2, 0.25) is 0 Å². The first kappa shape index (κ1) is 13.3. The van der Waals surface area contributed by atoms with Gasteiger partial charge in [-0.25, -0.2) is 10.2 Å². The summed E-state index contributed by atoms with van der Waals surface area (Å²) in [6.45, 7) is 7.33. The molecule has 1 fully saturated rings. The summed E-state index contributed by atoms with van der Waals surface area (Å²) in [5.74, 6) is 0. The molecule has 1 unspecified atom stereocenters. The SMILES string of the molecule is CC(C)(C)OC(=O)NNCC1CCCCN1. The van der Waals surface area contributed by atoms with Crippen LogP contribution in [0.1, 0.15) is 40.0 Å². The Hall–Kier alpha value is -0.810. The third kappa shape index (κ3) is 5.92. The fourth-order valence-corrected chi connectivity index (χ4v) is 1.65. The molecule has 1 saturated heterocycles.